The number of aromatic nitrogens is 3. The first kappa shape index (κ1) is 23.4. The number of imidazole rings is 1. The molecule has 10 nitrogen and oxygen atoms in total. The lowest BCUT2D eigenvalue weighted by atomic mass is 10.1. The van der Waals surface area contributed by atoms with Crippen LogP contribution in [-0.2, 0) is 20.8 Å². The van der Waals surface area contributed by atoms with E-state index in [-0.39, 0.29) is 37.3 Å². The van der Waals surface area contributed by atoms with Crippen molar-refractivity contribution in [1.82, 2.24) is 15.0 Å². The highest BCUT2D eigenvalue weighted by Gasteiger charge is 2.48. The van der Waals surface area contributed by atoms with E-state index in [9.17, 15) is 5.11 Å². The largest absolute Gasteiger partial charge is 0.491 e. The van der Waals surface area contributed by atoms with Crippen LogP contribution in [0, 0.1) is 0 Å². The molecule has 2 aliphatic rings. The van der Waals surface area contributed by atoms with E-state index in [0.717, 1.165) is 5.56 Å². The fourth-order valence-electron chi connectivity index (χ4n) is 3.85. The number of aliphatic hydroxyl groups excluding tert-OH is 1. The summed E-state index contributed by atoms with van der Waals surface area (Å²) in [7, 11) is 1.61. The molecular weight excluding hydrogens is 489 g/mol. The average Bonchev–Trinajstić information content (AvgIpc) is 3.50. The monoisotopic (exact) mass is 511 g/mol. The molecule has 34 heavy (non-hydrogen) atoms. The molecule has 3 aromatic rings. The van der Waals surface area contributed by atoms with Crippen LogP contribution in [0.2, 0.25) is 10.0 Å². The zero-order valence-corrected chi connectivity index (χ0v) is 19.7. The molecule has 2 aliphatic heterocycles. The van der Waals surface area contributed by atoms with Crippen LogP contribution in [0.15, 0.2) is 24.3 Å². The SMILES string of the molecule is COCCOc1ccc(COc2nc3nc(O[C@@H]4CO[C@H]5C4OC[C@H]5O)[nH]c3cc2Cl)c(Cl)c1. The van der Waals surface area contributed by atoms with Gasteiger partial charge in [0.15, 0.2) is 11.8 Å². The van der Waals surface area contributed by atoms with E-state index in [0.29, 0.717) is 46.8 Å². The summed E-state index contributed by atoms with van der Waals surface area (Å²) < 4.78 is 33.4. The predicted octanol–water partition coefficient (Wildman–Crippen LogP) is 2.77. The number of methoxy groups -OCH3 is 1. The van der Waals surface area contributed by atoms with Crippen LogP contribution in [0.4, 0.5) is 0 Å². The fraction of sp³-hybridized carbons (Fsp3) is 0.455. The number of hydrogen-bond acceptors (Lipinski definition) is 9. The van der Waals surface area contributed by atoms with E-state index >= 15 is 0 Å². The highest BCUT2D eigenvalue weighted by molar-refractivity contribution is 6.32. The van der Waals surface area contributed by atoms with E-state index in [2.05, 4.69) is 15.0 Å². The van der Waals surface area contributed by atoms with Crippen molar-refractivity contribution >= 4 is 34.4 Å². The predicted molar refractivity (Wildman–Crippen MR) is 122 cm³/mol. The van der Waals surface area contributed by atoms with Gasteiger partial charge >= 0.3 is 0 Å². The van der Waals surface area contributed by atoms with Crippen LogP contribution < -0.4 is 14.2 Å². The normalized spacial score (nSPS) is 23.9. The van der Waals surface area contributed by atoms with Crippen molar-refractivity contribution in [2.24, 2.45) is 0 Å². The highest BCUT2D eigenvalue weighted by atomic mass is 35.5. The summed E-state index contributed by atoms with van der Waals surface area (Å²) in [4.78, 5) is 11.8. The van der Waals surface area contributed by atoms with Crippen molar-refractivity contribution in [1.29, 1.82) is 0 Å². The Labute approximate surface area is 205 Å². The summed E-state index contributed by atoms with van der Waals surface area (Å²) in [6.07, 6.45) is -1.78. The van der Waals surface area contributed by atoms with Crippen LogP contribution in [0.3, 0.4) is 0 Å². The molecule has 0 radical (unpaired) electrons. The number of ether oxygens (including phenoxy) is 6. The molecule has 0 bridgehead atoms. The van der Waals surface area contributed by atoms with Gasteiger partial charge in [-0.05, 0) is 18.2 Å². The first-order valence-electron chi connectivity index (χ1n) is 10.7. The third-order valence-electron chi connectivity index (χ3n) is 5.56. The van der Waals surface area contributed by atoms with Gasteiger partial charge in [-0.25, -0.2) is 0 Å². The Morgan fingerprint density at radius 2 is 1.91 bits per heavy atom. The summed E-state index contributed by atoms with van der Waals surface area (Å²) in [6.45, 7) is 1.60. The second-order valence-corrected chi connectivity index (χ2v) is 8.71. The summed E-state index contributed by atoms with van der Waals surface area (Å²) in [5, 5.41) is 10.7. The maximum absolute atomic E-state index is 9.88. The van der Waals surface area contributed by atoms with Crippen molar-refractivity contribution in [3.8, 4) is 17.6 Å². The van der Waals surface area contributed by atoms with Crippen molar-refractivity contribution in [3.05, 3.63) is 39.9 Å². The van der Waals surface area contributed by atoms with Gasteiger partial charge in [0.1, 0.15) is 42.3 Å². The Morgan fingerprint density at radius 1 is 1.06 bits per heavy atom. The Balaban J connectivity index is 1.24. The number of nitrogens with zero attached hydrogens (tertiary/aromatic N) is 2. The second-order valence-electron chi connectivity index (χ2n) is 7.89. The Bertz CT molecular complexity index is 1160. The molecule has 182 valence electrons. The average molecular weight is 512 g/mol. The molecule has 0 amide bonds. The number of fused-ring (bicyclic) bond motifs is 2. The summed E-state index contributed by atoms with van der Waals surface area (Å²) in [5.41, 5.74) is 1.72. The van der Waals surface area contributed by atoms with Crippen molar-refractivity contribution < 1.29 is 33.5 Å². The van der Waals surface area contributed by atoms with Crippen molar-refractivity contribution in [2.45, 2.75) is 31.0 Å². The fourth-order valence-corrected chi connectivity index (χ4v) is 4.28. The maximum atomic E-state index is 9.88. The van der Waals surface area contributed by atoms with Crippen LogP contribution in [0.25, 0.3) is 11.2 Å². The van der Waals surface area contributed by atoms with Crippen LogP contribution in [0.1, 0.15) is 5.56 Å². The van der Waals surface area contributed by atoms with Gasteiger partial charge in [-0.1, -0.05) is 29.3 Å². The zero-order chi connectivity index (χ0) is 23.7. The summed E-state index contributed by atoms with van der Waals surface area (Å²) >= 11 is 12.7. The highest BCUT2D eigenvalue weighted by Crippen LogP contribution is 2.32. The van der Waals surface area contributed by atoms with E-state index in [1.165, 1.54) is 0 Å². The number of aliphatic hydroxyl groups is 1. The molecule has 0 saturated carbocycles. The van der Waals surface area contributed by atoms with Gasteiger partial charge in [-0.15, -0.1) is 0 Å². The van der Waals surface area contributed by atoms with Gasteiger partial charge in [0.25, 0.3) is 6.01 Å². The van der Waals surface area contributed by atoms with Crippen molar-refractivity contribution in [2.75, 3.05) is 33.5 Å². The first-order chi connectivity index (χ1) is 16.5. The van der Waals surface area contributed by atoms with Crippen molar-refractivity contribution in [3.63, 3.8) is 0 Å². The minimum absolute atomic E-state index is 0.158. The molecule has 2 aromatic heterocycles. The molecule has 4 heterocycles. The number of nitrogens with one attached hydrogen (secondary N) is 1. The Kier molecular flexibility index (Phi) is 6.96. The third-order valence-corrected chi connectivity index (χ3v) is 6.19. The molecule has 4 atom stereocenters. The quantitative estimate of drug-likeness (QED) is 0.418. The minimum Gasteiger partial charge on any atom is -0.491 e. The Hall–Kier alpha value is -2.34. The molecule has 0 aliphatic carbocycles. The summed E-state index contributed by atoms with van der Waals surface area (Å²) in [5.74, 6) is 0.860. The van der Waals surface area contributed by atoms with Crippen LogP contribution in [-0.4, -0.2) is 78.0 Å². The van der Waals surface area contributed by atoms with Crippen LogP contribution in [0.5, 0.6) is 17.6 Å². The molecule has 1 aromatic carbocycles. The van der Waals surface area contributed by atoms with Gasteiger partial charge in [-0.2, -0.15) is 9.97 Å². The lowest BCUT2D eigenvalue weighted by Crippen LogP contribution is -2.34. The number of pyridine rings is 1. The lowest BCUT2D eigenvalue weighted by Gasteiger charge is -2.15. The molecular formula is C22H23Cl2N3O7. The molecule has 1 unspecified atom stereocenters. The van der Waals surface area contributed by atoms with Gasteiger partial charge in [-0.3, -0.25) is 0 Å². The molecule has 2 saturated heterocycles. The number of halogens is 2. The standard InChI is InChI=1S/C22H23Cl2N3O7/c1-29-4-5-30-12-3-2-11(13(23)6-12)8-33-21-14(24)7-15-20(26-21)27-22(25-15)34-17-10-32-18-16(28)9-31-19(17)18/h2-3,6-7,16-19,28H,4-5,8-10H2,1H3,(H,25,26,27)/t16-,17-,18-,19?/m1/s1. The van der Waals surface area contributed by atoms with Gasteiger partial charge < -0.3 is 38.5 Å². The topological polar surface area (TPSA) is 117 Å². The number of H-pyrrole nitrogens is 1. The van der Waals surface area contributed by atoms with Crippen LogP contribution >= 0.6 is 23.2 Å². The molecule has 0 spiro atoms. The third kappa shape index (κ3) is 4.88. The smallest absolute Gasteiger partial charge is 0.296 e. The zero-order valence-electron chi connectivity index (χ0n) is 18.2. The maximum Gasteiger partial charge on any atom is 0.296 e. The number of hydrogen-bond donors (Lipinski definition) is 2. The molecule has 2 N–H and O–H groups in total. The van der Waals surface area contributed by atoms with E-state index in [4.69, 9.17) is 51.6 Å². The van der Waals surface area contributed by atoms with E-state index in [1.54, 1.807) is 25.3 Å². The molecule has 12 heteroatoms. The second kappa shape index (κ2) is 10.1. The lowest BCUT2D eigenvalue weighted by molar-refractivity contribution is 0.00706. The number of rotatable bonds is 9. The van der Waals surface area contributed by atoms with Gasteiger partial charge in [0.2, 0.25) is 5.88 Å². The number of benzene rings is 1. The first-order valence-corrected chi connectivity index (χ1v) is 11.4. The summed E-state index contributed by atoms with van der Waals surface area (Å²) in [6, 6.07) is 7.26. The Morgan fingerprint density at radius 3 is 2.74 bits per heavy atom. The van der Waals surface area contributed by atoms with E-state index in [1.807, 2.05) is 6.07 Å². The van der Waals surface area contributed by atoms with E-state index < -0.39 is 12.2 Å². The minimum atomic E-state index is -0.651. The number of aromatic amines is 1. The van der Waals surface area contributed by atoms with Gasteiger partial charge in [0.05, 0.1) is 30.4 Å². The van der Waals surface area contributed by atoms with Gasteiger partial charge in [0, 0.05) is 12.7 Å². The molecule has 2 fully saturated rings. The molecule has 5 rings (SSSR count).